The minimum absolute atomic E-state index is 0.0976. The summed E-state index contributed by atoms with van der Waals surface area (Å²) < 4.78 is 0. The van der Waals surface area contributed by atoms with Crippen molar-refractivity contribution < 1.29 is 4.79 Å². The summed E-state index contributed by atoms with van der Waals surface area (Å²) in [5.74, 6) is 0.0976. The standard InChI is InChI=1S/C13H16N2O/c1-11-4-6-12(7-5-11)13(16)10-15(2)9-3-8-14/h4-7H,3,9-10H2,1-2H3. The van der Waals surface area contributed by atoms with E-state index in [4.69, 9.17) is 5.26 Å². The van der Waals surface area contributed by atoms with Crippen molar-refractivity contribution in [2.75, 3.05) is 20.1 Å². The number of likely N-dealkylation sites (N-methyl/N-ethyl adjacent to an activating group) is 1. The molecule has 0 saturated heterocycles. The Kier molecular flexibility index (Phi) is 4.68. The fraction of sp³-hybridized carbons (Fsp3) is 0.385. The van der Waals surface area contributed by atoms with E-state index in [1.54, 1.807) is 0 Å². The molecule has 0 aliphatic rings. The topological polar surface area (TPSA) is 44.1 Å². The molecule has 0 aromatic heterocycles. The third-order valence-electron chi connectivity index (χ3n) is 2.39. The number of ketones is 1. The number of nitriles is 1. The van der Waals surface area contributed by atoms with Crippen LogP contribution in [0.15, 0.2) is 24.3 Å². The molecule has 0 radical (unpaired) electrons. The summed E-state index contributed by atoms with van der Waals surface area (Å²) in [6.07, 6.45) is 0.456. The molecule has 0 bridgehead atoms. The van der Waals surface area contributed by atoms with E-state index >= 15 is 0 Å². The molecule has 0 aliphatic carbocycles. The maximum Gasteiger partial charge on any atom is 0.176 e. The molecule has 0 unspecified atom stereocenters. The maximum absolute atomic E-state index is 11.8. The van der Waals surface area contributed by atoms with Gasteiger partial charge in [-0.25, -0.2) is 0 Å². The largest absolute Gasteiger partial charge is 0.298 e. The van der Waals surface area contributed by atoms with Crippen molar-refractivity contribution in [1.29, 1.82) is 5.26 Å². The van der Waals surface area contributed by atoms with E-state index in [-0.39, 0.29) is 5.78 Å². The van der Waals surface area contributed by atoms with Gasteiger partial charge in [-0.15, -0.1) is 0 Å². The predicted octanol–water partition coefficient (Wildman–Crippen LogP) is 2.02. The molecule has 0 amide bonds. The highest BCUT2D eigenvalue weighted by atomic mass is 16.1. The van der Waals surface area contributed by atoms with Crippen molar-refractivity contribution >= 4 is 5.78 Å². The average molecular weight is 216 g/mol. The molecule has 0 N–H and O–H groups in total. The number of hydrogen-bond donors (Lipinski definition) is 0. The summed E-state index contributed by atoms with van der Waals surface area (Å²) in [6, 6.07) is 9.62. The molecule has 0 saturated carbocycles. The molecule has 3 nitrogen and oxygen atoms in total. The Morgan fingerprint density at radius 2 is 2.00 bits per heavy atom. The summed E-state index contributed by atoms with van der Waals surface area (Å²) in [6.45, 7) is 2.99. The minimum Gasteiger partial charge on any atom is -0.298 e. The van der Waals surface area contributed by atoms with Gasteiger partial charge >= 0.3 is 0 Å². The van der Waals surface area contributed by atoms with Gasteiger partial charge in [-0.05, 0) is 14.0 Å². The number of Topliss-reactive ketones (excluding diaryl/α,β-unsaturated/α-hetero) is 1. The molecular weight excluding hydrogens is 200 g/mol. The molecule has 84 valence electrons. The Bertz CT molecular complexity index is 389. The Balaban J connectivity index is 2.52. The zero-order valence-electron chi connectivity index (χ0n) is 9.73. The number of carbonyl (C=O) groups excluding carboxylic acids is 1. The molecule has 3 heteroatoms. The van der Waals surface area contributed by atoms with Crippen LogP contribution in [0.1, 0.15) is 22.3 Å². The second-order valence-electron chi connectivity index (χ2n) is 3.94. The number of carbonyl (C=O) groups is 1. The number of nitrogens with zero attached hydrogens (tertiary/aromatic N) is 2. The fourth-order valence-electron chi connectivity index (χ4n) is 1.40. The molecule has 1 aromatic rings. The van der Waals surface area contributed by atoms with E-state index < -0.39 is 0 Å². The van der Waals surface area contributed by atoms with Gasteiger partial charge in [-0.2, -0.15) is 5.26 Å². The Morgan fingerprint density at radius 3 is 2.56 bits per heavy atom. The third kappa shape index (κ3) is 3.84. The minimum atomic E-state index is 0.0976. The first kappa shape index (κ1) is 12.4. The van der Waals surface area contributed by atoms with Crippen LogP contribution in [0.3, 0.4) is 0 Å². The van der Waals surface area contributed by atoms with Gasteiger partial charge in [-0.3, -0.25) is 9.69 Å². The number of hydrogen-bond acceptors (Lipinski definition) is 3. The molecule has 1 rings (SSSR count). The zero-order valence-corrected chi connectivity index (χ0v) is 9.73. The summed E-state index contributed by atoms with van der Waals surface area (Å²) in [4.78, 5) is 13.7. The highest BCUT2D eigenvalue weighted by Crippen LogP contribution is 2.04. The zero-order chi connectivity index (χ0) is 12.0. The van der Waals surface area contributed by atoms with Crippen LogP contribution >= 0.6 is 0 Å². The molecular formula is C13H16N2O. The third-order valence-corrected chi connectivity index (χ3v) is 2.39. The fourth-order valence-corrected chi connectivity index (χ4v) is 1.40. The van der Waals surface area contributed by atoms with Crippen LogP contribution in [0.2, 0.25) is 0 Å². The molecule has 0 aliphatic heterocycles. The predicted molar refractivity (Wildman–Crippen MR) is 63.2 cm³/mol. The van der Waals surface area contributed by atoms with E-state index in [2.05, 4.69) is 6.07 Å². The van der Waals surface area contributed by atoms with Gasteiger partial charge in [0.05, 0.1) is 12.6 Å². The van der Waals surface area contributed by atoms with Crippen molar-refractivity contribution in [2.45, 2.75) is 13.3 Å². The van der Waals surface area contributed by atoms with Gasteiger partial charge in [0.25, 0.3) is 0 Å². The molecule has 0 heterocycles. The SMILES string of the molecule is Cc1ccc(C(=O)CN(C)CCC#N)cc1. The van der Waals surface area contributed by atoms with Crippen LogP contribution in [0.4, 0.5) is 0 Å². The van der Waals surface area contributed by atoms with E-state index in [0.29, 0.717) is 19.5 Å². The molecule has 16 heavy (non-hydrogen) atoms. The van der Waals surface area contributed by atoms with E-state index in [1.807, 2.05) is 43.1 Å². The second kappa shape index (κ2) is 6.04. The number of rotatable bonds is 5. The van der Waals surface area contributed by atoms with Crippen LogP contribution < -0.4 is 0 Å². The molecule has 0 fully saturated rings. The van der Waals surface area contributed by atoms with Crippen LogP contribution in [0.5, 0.6) is 0 Å². The Morgan fingerprint density at radius 1 is 1.38 bits per heavy atom. The van der Waals surface area contributed by atoms with Crippen LogP contribution in [0.25, 0.3) is 0 Å². The number of aryl methyl sites for hydroxylation is 1. The number of benzene rings is 1. The molecule has 0 atom stereocenters. The van der Waals surface area contributed by atoms with Crippen molar-refractivity contribution in [3.05, 3.63) is 35.4 Å². The lowest BCUT2D eigenvalue weighted by Crippen LogP contribution is -2.26. The smallest absolute Gasteiger partial charge is 0.176 e. The highest BCUT2D eigenvalue weighted by molar-refractivity contribution is 5.97. The van der Waals surface area contributed by atoms with Crippen LogP contribution in [-0.4, -0.2) is 30.8 Å². The van der Waals surface area contributed by atoms with Crippen LogP contribution in [-0.2, 0) is 0 Å². The van der Waals surface area contributed by atoms with Gasteiger partial charge < -0.3 is 0 Å². The van der Waals surface area contributed by atoms with Crippen LogP contribution in [0, 0.1) is 18.3 Å². The first-order valence-electron chi connectivity index (χ1n) is 5.29. The Hall–Kier alpha value is -1.66. The Labute approximate surface area is 96.3 Å². The normalized spacial score (nSPS) is 10.1. The summed E-state index contributed by atoms with van der Waals surface area (Å²) in [7, 11) is 1.85. The lowest BCUT2D eigenvalue weighted by Gasteiger charge is -2.13. The van der Waals surface area contributed by atoms with Gasteiger partial charge in [-0.1, -0.05) is 29.8 Å². The monoisotopic (exact) mass is 216 g/mol. The quantitative estimate of drug-likeness (QED) is 0.707. The van der Waals surface area contributed by atoms with Crippen molar-refractivity contribution in [1.82, 2.24) is 4.90 Å². The van der Waals surface area contributed by atoms with Gasteiger partial charge in [0.15, 0.2) is 5.78 Å². The van der Waals surface area contributed by atoms with Crippen molar-refractivity contribution in [2.24, 2.45) is 0 Å². The first-order chi connectivity index (χ1) is 7.63. The maximum atomic E-state index is 11.8. The van der Waals surface area contributed by atoms with E-state index in [0.717, 1.165) is 11.1 Å². The summed E-state index contributed by atoms with van der Waals surface area (Å²) in [5, 5.41) is 8.44. The first-order valence-corrected chi connectivity index (χ1v) is 5.29. The second-order valence-corrected chi connectivity index (χ2v) is 3.94. The highest BCUT2D eigenvalue weighted by Gasteiger charge is 2.08. The van der Waals surface area contributed by atoms with Crippen molar-refractivity contribution in [3.63, 3.8) is 0 Å². The van der Waals surface area contributed by atoms with Gasteiger partial charge in [0, 0.05) is 18.5 Å². The van der Waals surface area contributed by atoms with Crippen molar-refractivity contribution in [3.8, 4) is 6.07 Å². The molecule has 1 aromatic carbocycles. The van der Waals surface area contributed by atoms with E-state index in [9.17, 15) is 4.79 Å². The average Bonchev–Trinajstić information content (AvgIpc) is 2.27. The summed E-state index contributed by atoms with van der Waals surface area (Å²) in [5.41, 5.74) is 1.88. The molecule has 0 spiro atoms. The lowest BCUT2D eigenvalue weighted by molar-refractivity contribution is 0.0947. The lowest BCUT2D eigenvalue weighted by atomic mass is 10.1. The van der Waals surface area contributed by atoms with E-state index in [1.165, 1.54) is 0 Å². The van der Waals surface area contributed by atoms with Gasteiger partial charge in [0.2, 0.25) is 0 Å². The van der Waals surface area contributed by atoms with Gasteiger partial charge in [0.1, 0.15) is 0 Å². The summed E-state index contributed by atoms with van der Waals surface area (Å²) >= 11 is 0.